The minimum absolute atomic E-state index is 0.118. The maximum absolute atomic E-state index is 5.37. The van der Waals surface area contributed by atoms with E-state index in [9.17, 15) is 0 Å². The van der Waals surface area contributed by atoms with Gasteiger partial charge in [0.2, 0.25) is 0 Å². The molecule has 1 rings (SSSR count). The molecular formula is C8H14O2. The number of hydrogen-bond acceptors (Lipinski definition) is 2. The summed E-state index contributed by atoms with van der Waals surface area (Å²) in [5.41, 5.74) is 0.978. The molecule has 1 aliphatic heterocycles. The topological polar surface area (TPSA) is 18.5 Å². The molecule has 1 atom stereocenters. The third-order valence-electron chi connectivity index (χ3n) is 1.83. The molecule has 0 aromatic carbocycles. The first-order chi connectivity index (χ1) is 4.58. The first-order valence-electron chi connectivity index (χ1n) is 3.45. The summed E-state index contributed by atoms with van der Waals surface area (Å²) in [6.45, 7) is 6.06. The van der Waals surface area contributed by atoms with Gasteiger partial charge in [-0.15, -0.1) is 0 Å². The fourth-order valence-corrected chi connectivity index (χ4v) is 1.39. The first-order valence-corrected chi connectivity index (χ1v) is 3.45. The molecule has 2 nitrogen and oxygen atoms in total. The van der Waals surface area contributed by atoms with Crippen LogP contribution in [0.2, 0.25) is 0 Å². The Morgan fingerprint density at radius 3 is 2.40 bits per heavy atom. The molecule has 0 N–H and O–H groups in total. The molecule has 1 unspecified atom stereocenters. The van der Waals surface area contributed by atoms with Gasteiger partial charge in [0.15, 0.2) is 0 Å². The number of methoxy groups -OCH3 is 1. The number of rotatable bonds is 1. The molecule has 0 aromatic heterocycles. The van der Waals surface area contributed by atoms with Gasteiger partial charge < -0.3 is 9.47 Å². The molecule has 0 aliphatic carbocycles. The second-order valence-corrected chi connectivity index (χ2v) is 3.20. The molecule has 0 saturated carbocycles. The van der Waals surface area contributed by atoms with Gasteiger partial charge in [-0.3, -0.25) is 0 Å². The van der Waals surface area contributed by atoms with E-state index < -0.39 is 0 Å². The van der Waals surface area contributed by atoms with Crippen LogP contribution in [0.1, 0.15) is 20.8 Å². The summed E-state index contributed by atoms with van der Waals surface area (Å²) in [6.07, 6.45) is 1.89. The van der Waals surface area contributed by atoms with Crippen molar-refractivity contribution < 1.29 is 9.47 Å². The zero-order chi connectivity index (χ0) is 7.78. The molecule has 0 fully saturated rings. The van der Waals surface area contributed by atoms with Crippen LogP contribution in [0, 0.1) is 0 Å². The van der Waals surface area contributed by atoms with E-state index in [1.165, 1.54) is 0 Å². The quantitative estimate of drug-likeness (QED) is 0.555. The second kappa shape index (κ2) is 2.27. The van der Waals surface area contributed by atoms with Crippen molar-refractivity contribution in [1.82, 2.24) is 0 Å². The van der Waals surface area contributed by atoms with Crippen molar-refractivity contribution in [3.8, 4) is 0 Å². The van der Waals surface area contributed by atoms with E-state index in [0.29, 0.717) is 0 Å². The maximum Gasteiger partial charge on any atom is 0.132 e. The van der Waals surface area contributed by atoms with E-state index in [4.69, 9.17) is 9.47 Å². The molecule has 58 valence electrons. The summed E-state index contributed by atoms with van der Waals surface area (Å²) in [5, 5.41) is 0. The average Bonchev–Trinajstić information content (AvgIpc) is 2.07. The molecule has 2 heteroatoms. The SMILES string of the molecule is COC1C(C)=COC1(C)C. The van der Waals surface area contributed by atoms with Gasteiger partial charge in [0.05, 0.1) is 6.26 Å². The highest BCUT2D eigenvalue weighted by atomic mass is 16.6. The Hall–Kier alpha value is -0.500. The summed E-state index contributed by atoms with van der Waals surface area (Å²) < 4.78 is 10.6. The molecule has 0 aromatic rings. The molecule has 0 spiro atoms. The van der Waals surface area contributed by atoms with Crippen molar-refractivity contribution >= 4 is 0 Å². The third kappa shape index (κ3) is 1.03. The Balaban J connectivity index is 2.73. The van der Waals surface area contributed by atoms with Crippen LogP contribution in [0.25, 0.3) is 0 Å². The second-order valence-electron chi connectivity index (χ2n) is 3.20. The van der Waals surface area contributed by atoms with Crippen LogP contribution in [0.5, 0.6) is 0 Å². The predicted molar refractivity (Wildman–Crippen MR) is 39.7 cm³/mol. The summed E-state index contributed by atoms with van der Waals surface area (Å²) >= 11 is 0. The normalized spacial score (nSPS) is 29.6. The van der Waals surface area contributed by atoms with E-state index in [0.717, 1.165) is 5.57 Å². The van der Waals surface area contributed by atoms with Crippen LogP contribution < -0.4 is 0 Å². The minimum atomic E-state index is -0.182. The maximum atomic E-state index is 5.37. The molecule has 0 amide bonds. The minimum Gasteiger partial charge on any atom is -0.492 e. The van der Waals surface area contributed by atoms with Gasteiger partial charge in [-0.05, 0) is 26.3 Å². The smallest absolute Gasteiger partial charge is 0.132 e. The third-order valence-corrected chi connectivity index (χ3v) is 1.83. The van der Waals surface area contributed by atoms with E-state index in [2.05, 4.69) is 0 Å². The molecule has 0 saturated heterocycles. The summed E-state index contributed by atoms with van der Waals surface area (Å²) in [5.74, 6) is 0. The Bertz CT molecular complexity index is 159. The summed E-state index contributed by atoms with van der Waals surface area (Å²) in [7, 11) is 1.71. The fraction of sp³-hybridized carbons (Fsp3) is 0.750. The lowest BCUT2D eigenvalue weighted by molar-refractivity contribution is -0.0325. The van der Waals surface area contributed by atoms with Crippen LogP contribution >= 0.6 is 0 Å². The van der Waals surface area contributed by atoms with E-state index in [1.54, 1.807) is 13.4 Å². The van der Waals surface area contributed by atoms with E-state index >= 15 is 0 Å². The van der Waals surface area contributed by atoms with Crippen LogP contribution in [0.4, 0.5) is 0 Å². The van der Waals surface area contributed by atoms with Crippen molar-refractivity contribution in [2.45, 2.75) is 32.5 Å². The van der Waals surface area contributed by atoms with Crippen LogP contribution in [-0.2, 0) is 9.47 Å². The van der Waals surface area contributed by atoms with E-state index in [1.807, 2.05) is 20.8 Å². The molecule has 1 aliphatic rings. The van der Waals surface area contributed by atoms with Gasteiger partial charge in [0.25, 0.3) is 0 Å². The van der Waals surface area contributed by atoms with Crippen molar-refractivity contribution in [2.75, 3.05) is 7.11 Å². The summed E-state index contributed by atoms with van der Waals surface area (Å²) in [4.78, 5) is 0. The number of ether oxygens (including phenoxy) is 2. The highest BCUT2D eigenvalue weighted by Gasteiger charge is 2.36. The average molecular weight is 142 g/mol. The van der Waals surface area contributed by atoms with Crippen LogP contribution in [0.15, 0.2) is 11.8 Å². The number of hydrogen-bond donors (Lipinski definition) is 0. The van der Waals surface area contributed by atoms with Crippen LogP contribution in [0.3, 0.4) is 0 Å². The molecule has 1 heterocycles. The Morgan fingerprint density at radius 2 is 2.20 bits per heavy atom. The molecule has 0 radical (unpaired) electrons. The van der Waals surface area contributed by atoms with Crippen molar-refractivity contribution in [1.29, 1.82) is 0 Å². The first kappa shape index (κ1) is 7.61. The standard InChI is InChI=1S/C8H14O2/c1-6-5-10-8(2,3)7(6)9-4/h5,7H,1-4H3. The lowest BCUT2D eigenvalue weighted by atomic mass is 9.99. The van der Waals surface area contributed by atoms with Gasteiger partial charge >= 0.3 is 0 Å². The lowest BCUT2D eigenvalue weighted by Gasteiger charge is -2.25. The monoisotopic (exact) mass is 142 g/mol. The highest BCUT2D eigenvalue weighted by Crippen LogP contribution is 2.29. The molecule has 10 heavy (non-hydrogen) atoms. The Morgan fingerprint density at radius 1 is 1.60 bits per heavy atom. The molecular weight excluding hydrogens is 128 g/mol. The largest absolute Gasteiger partial charge is 0.492 e. The predicted octanol–water partition coefficient (Wildman–Crippen LogP) is 1.71. The fourth-order valence-electron chi connectivity index (χ4n) is 1.39. The van der Waals surface area contributed by atoms with Crippen molar-refractivity contribution in [3.05, 3.63) is 11.8 Å². The Labute approximate surface area is 61.8 Å². The highest BCUT2D eigenvalue weighted by molar-refractivity contribution is 5.14. The van der Waals surface area contributed by atoms with E-state index in [-0.39, 0.29) is 11.7 Å². The van der Waals surface area contributed by atoms with Gasteiger partial charge in [0.1, 0.15) is 11.7 Å². The van der Waals surface area contributed by atoms with Gasteiger partial charge in [0, 0.05) is 7.11 Å². The lowest BCUT2D eigenvalue weighted by Crippen LogP contribution is -2.35. The Kier molecular flexibility index (Phi) is 1.73. The van der Waals surface area contributed by atoms with Crippen molar-refractivity contribution in [2.24, 2.45) is 0 Å². The van der Waals surface area contributed by atoms with Crippen molar-refractivity contribution in [3.63, 3.8) is 0 Å². The van der Waals surface area contributed by atoms with Gasteiger partial charge in [-0.1, -0.05) is 0 Å². The van der Waals surface area contributed by atoms with Crippen LogP contribution in [-0.4, -0.2) is 18.8 Å². The zero-order valence-electron chi connectivity index (χ0n) is 6.97. The van der Waals surface area contributed by atoms with Gasteiger partial charge in [-0.2, -0.15) is 0 Å². The molecule has 0 bridgehead atoms. The zero-order valence-corrected chi connectivity index (χ0v) is 6.97. The summed E-state index contributed by atoms with van der Waals surface area (Å²) in [6, 6.07) is 0. The van der Waals surface area contributed by atoms with Gasteiger partial charge in [-0.25, -0.2) is 0 Å².